The minimum Gasteiger partial charge on any atom is -0.444 e. The van der Waals surface area contributed by atoms with Gasteiger partial charge >= 0.3 is 6.09 Å². The van der Waals surface area contributed by atoms with Crippen LogP contribution in [-0.4, -0.2) is 42.8 Å². The van der Waals surface area contributed by atoms with Gasteiger partial charge in [-0.2, -0.15) is 0 Å². The molecule has 134 valence electrons. The number of hydrogen-bond acceptors (Lipinski definition) is 4. The summed E-state index contributed by atoms with van der Waals surface area (Å²) in [6.45, 7) is 7.25. The third-order valence-electron chi connectivity index (χ3n) is 3.77. The van der Waals surface area contributed by atoms with Gasteiger partial charge in [0.05, 0.1) is 22.8 Å². The van der Waals surface area contributed by atoms with Crippen molar-refractivity contribution in [3.8, 4) is 0 Å². The van der Waals surface area contributed by atoms with Gasteiger partial charge in [0.15, 0.2) is 0 Å². The van der Waals surface area contributed by atoms with Crippen LogP contribution in [0.4, 0.5) is 4.79 Å². The third-order valence-corrected chi connectivity index (χ3v) is 4.51. The second-order valence-electron chi connectivity index (χ2n) is 6.89. The van der Waals surface area contributed by atoms with Gasteiger partial charge < -0.3 is 20.1 Å². The van der Waals surface area contributed by atoms with E-state index in [2.05, 4.69) is 0 Å². The Morgan fingerprint density at radius 3 is 2.67 bits per heavy atom. The summed E-state index contributed by atoms with van der Waals surface area (Å²) in [7, 11) is 0. The molecule has 24 heavy (non-hydrogen) atoms. The smallest absolute Gasteiger partial charge is 0.410 e. The maximum atomic E-state index is 12.3. The molecule has 1 aliphatic rings. The number of nitrogens with two attached hydrogens (primary N) is 1. The van der Waals surface area contributed by atoms with Crippen molar-refractivity contribution in [1.29, 1.82) is 0 Å². The van der Waals surface area contributed by atoms with Crippen molar-refractivity contribution in [2.24, 2.45) is 11.7 Å². The Labute approximate surface area is 153 Å². The molecule has 0 saturated carbocycles. The minimum atomic E-state index is -0.536. The van der Waals surface area contributed by atoms with E-state index in [1.807, 2.05) is 26.8 Å². The average Bonchev–Trinajstić information content (AvgIpc) is 2.70. The van der Waals surface area contributed by atoms with E-state index in [0.29, 0.717) is 36.3 Å². The fraction of sp³-hybridized carbons (Fsp3) is 0.588. The standard InChI is InChI=1S/C17H24Cl2N2O3/c1-17(2,3)24-16(22)21-6-7-23-15(12(9-20)10-21)11-4-5-13(18)14(19)8-11/h4-5,8,12,15H,6-7,9-10,20H2,1-3H3. The number of benzene rings is 1. The quantitative estimate of drug-likeness (QED) is 0.852. The van der Waals surface area contributed by atoms with E-state index in [9.17, 15) is 4.79 Å². The van der Waals surface area contributed by atoms with Gasteiger partial charge in [-0.1, -0.05) is 29.3 Å². The molecule has 2 rings (SSSR count). The number of amides is 1. The fourth-order valence-electron chi connectivity index (χ4n) is 2.64. The molecule has 1 amide bonds. The number of ether oxygens (including phenoxy) is 2. The lowest BCUT2D eigenvalue weighted by Gasteiger charge is -2.29. The fourth-order valence-corrected chi connectivity index (χ4v) is 2.95. The molecule has 1 aromatic rings. The molecule has 1 heterocycles. The number of nitrogens with zero attached hydrogens (tertiary/aromatic N) is 1. The Hall–Kier alpha value is -1.01. The van der Waals surface area contributed by atoms with Crippen LogP contribution in [0.25, 0.3) is 0 Å². The van der Waals surface area contributed by atoms with E-state index < -0.39 is 5.60 Å². The summed E-state index contributed by atoms with van der Waals surface area (Å²) in [4.78, 5) is 14.0. The number of carbonyl (C=O) groups is 1. The van der Waals surface area contributed by atoms with Crippen LogP contribution in [0.3, 0.4) is 0 Å². The zero-order valence-corrected chi connectivity index (χ0v) is 15.7. The van der Waals surface area contributed by atoms with Crippen molar-refractivity contribution in [2.75, 3.05) is 26.2 Å². The molecule has 2 atom stereocenters. The summed E-state index contributed by atoms with van der Waals surface area (Å²) in [5, 5.41) is 0.968. The van der Waals surface area contributed by atoms with E-state index in [-0.39, 0.29) is 18.1 Å². The predicted octanol–water partition coefficient (Wildman–Crippen LogP) is 3.88. The van der Waals surface area contributed by atoms with E-state index in [4.69, 9.17) is 38.4 Å². The van der Waals surface area contributed by atoms with Gasteiger partial charge in [-0.05, 0) is 45.0 Å². The number of halogens is 2. The van der Waals surface area contributed by atoms with Crippen LogP contribution in [0.2, 0.25) is 10.0 Å². The lowest BCUT2D eigenvalue weighted by Crippen LogP contribution is -2.41. The largest absolute Gasteiger partial charge is 0.444 e. The topological polar surface area (TPSA) is 64.8 Å². The van der Waals surface area contributed by atoms with E-state index in [0.717, 1.165) is 5.56 Å². The first-order valence-corrected chi connectivity index (χ1v) is 8.71. The lowest BCUT2D eigenvalue weighted by atomic mass is 9.95. The summed E-state index contributed by atoms with van der Waals surface area (Å²) in [6, 6.07) is 5.41. The highest BCUT2D eigenvalue weighted by molar-refractivity contribution is 6.42. The molecule has 1 aromatic carbocycles. The van der Waals surface area contributed by atoms with Crippen molar-refractivity contribution in [1.82, 2.24) is 4.90 Å². The third kappa shape index (κ3) is 4.99. The highest BCUT2D eigenvalue weighted by Crippen LogP contribution is 2.33. The molecule has 7 heteroatoms. The number of rotatable bonds is 2. The zero-order valence-electron chi connectivity index (χ0n) is 14.2. The Kier molecular flexibility index (Phi) is 6.37. The molecule has 0 radical (unpaired) electrons. The van der Waals surface area contributed by atoms with Crippen molar-refractivity contribution in [3.63, 3.8) is 0 Å². The first-order valence-electron chi connectivity index (χ1n) is 7.96. The molecule has 0 spiro atoms. The van der Waals surface area contributed by atoms with Gasteiger partial charge in [0.25, 0.3) is 0 Å². The van der Waals surface area contributed by atoms with Gasteiger partial charge in [-0.3, -0.25) is 0 Å². The molecule has 1 saturated heterocycles. The molecule has 0 aromatic heterocycles. The number of carbonyl (C=O) groups excluding carboxylic acids is 1. The van der Waals surface area contributed by atoms with Crippen LogP contribution in [0.15, 0.2) is 18.2 Å². The molecule has 0 aliphatic carbocycles. The Morgan fingerprint density at radius 2 is 2.08 bits per heavy atom. The maximum Gasteiger partial charge on any atom is 0.410 e. The first-order chi connectivity index (χ1) is 11.2. The Bertz CT molecular complexity index is 590. The normalized spacial score (nSPS) is 22.2. The summed E-state index contributed by atoms with van der Waals surface area (Å²) >= 11 is 12.1. The van der Waals surface area contributed by atoms with Gasteiger partial charge in [0.1, 0.15) is 5.60 Å². The van der Waals surface area contributed by atoms with Crippen LogP contribution >= 0.6 is 23.2 Å². The summed E-state index contributed by atoms with van der Waals surface area (Å²) in [6.07, 6.45) is -0.587. The van der Waals surface area contributed by atoms with E-state index in [1.165, 1.54) is 0 Å². The highest BCUT2D eigenvalue weighted by atomic mass is 35.5. The van der Waals surface area contributed by atoms with Crippen molar-refractivity contribution in [3.05, 3.63) is 33.8 Å². The molecule has 2 N–H and O–H groups in total. The summed E-state index contributed by atoms with van der Waals surface area (Å²) in [5.74, 6) is -0.0581. The molecule has 5 nitrogen and oxygen atoms in total. The highest BCUT2D eigenvalue weighted by Gasteiger charge is 2.32. The van der Waals surface area contributed by atoms with Crippen LogP contribution in [0, 0.1) is 5.92 Å². The van der Waals surface area contributed by atoms with Crippen molar-refractivity contribution < 1.29 is 14.3 Å². The lowest BCUT2D eigenvalue weighted by molar-refractivity contribution is 0.0231. The average molecular weight is 375 g/mol. The van der Waals surface area contributed by atoms with Gasteiger partial charge in [0.2, 0.25) is 0 Å². The SMILES string of the molecule is CC(C)(C)OC(=O)N1CCOC(c2ccc(Cl)c(Cl)c2)C(CN)C1. The van der Waals surface area contributed by atoms with E-state index >= 15 is 0 Å². The molecule has 1 fully saturated rings. The van der Waals surface area contributed by atoms with Crippen molar-refractivity contribution >= 4 is 29.3 Å². The summed E-state index contributed by atoms with van der Waals surface area (Å²) < 4.78 is 11.4. The maximum absolute atomic E-state index is 12.3. The zero-order chi connectivity index (χ0) is 17.9. The first kappa shape index (κ1) is 19.3. The van der Waals surface area contributed by atoms with E-state index in [1.54, 1.807) is 17.0 Å². The van der Waals surface area contributed by atoms with Gasteiger partial charge in [0, 0.05) is 19.0 Å². The Balaban J connectivity index is 2.16. The second-order valence-corrected chi connectivity index (χ2v) is 7.70. The summed E-state index contributed by atoms with van der Waals surface area (Å²) in [5.41, 5.74) is 6.31. The molecular weight excluding hydrogens is 351 g/mol. The van der Waals surface area contributed by atoms with Crippen LogP contribution in [-0.2, 0) is 9.47 Å². The monoisotopic (exact) mass is 374 g/mol. The van der Waals surface area contributed by atoms with Crippen LogP contribution in [0.1, 0.15) is 32.4 Å². The number of hydrogen-bond donors (Lipinski definition) is 1. The minimum absolute atomic E-state index is 0.0581. The van der Waals surface area contributed by atoms with Gasteiger partial charge in [-0.15, -0.1) is 0 Å². The molecule has 2 unspecified atom stereocenters. The van der Waals surface area contributed by atoms with Crippen LogP contribution in [0.5, 0.6) is 0 Å². The predicted molar refractivity (Wildman–Crippen MR) is 95.5 cm³/mol. The molecular formula is C17H24Cl2N2O3. The van der Waals surface area contributed by atoms with Gasteiger partial charge in [-0.25, -0.2) is 4.79 Å². The van der Waals surface area contributed by atoms with Crippen LogP contribution < -0.4 is 5.73 Å². The Morgan fingerprint density at radius 1 is 1.38 bits per heavy atom. The molecule has 1 aliphatic heterocycles. The molecule has 0 bridgehead atoms. The second kappa shape index (κ2) is 7.91. The van der Waals surface area contributed by atoms with Crippen molar-refractivity contribution in [2.45, 2.75) is 32.5 Å².